The summed E-state index contributed by atoms with van der Waals surface area (Å²) in [5.74, 6) is -0.316. The monoisotopic (exact) mass is 396 g/mol. The quantitative estimate of drug-likeness (QED) is 0.730. The molecule has 0 aliphatic carbocycles. The van der Waals surface area contributed by atoms with E-state index in [9.17, 15) is 13.2 Å². The van der Waals surface area contributed by atoms with E-state index in [-0.39, 0.29) is 17.4 Å². The van der Waals surface area contributed by atoms with E-state index in [1.54, 1.807) is 36.3 Å². The van der Waals surface area contributed by atoms with Crippen LogP contribution in [0.3, 0.4) is 0 Å². The first kappa shape index (κ1) is 18.4. The molecule has 1 aromatic carbocycles. The molecule has 0 unspecified atom stereocenters. The zero-order valence-corrected chi connectivity index (χ0v) is 16.2. The number of aromatic nitrogens is 3. The fraction of sp³-hybridized carbons (Fsp3) is 0.250. The van der Waals surface area contributed by atoms with E-state index in [2.05, 4.69) is 15.4 Å². The van der Waals surface area contributed by atoms with E-state index in [0.29, 0.717) is 23.2 Å². The molecule has 144 valence electrons. The van der Waals surface area contributed by atoms with Crippen molar-refractivity contribution in [2.45, 2.75) is 18.9 Å². The number of amides is 1. The Bertz CT molecular complexity index is 1110. The van der Waals surface area contributed by atoms with Crippen molar-refractivity contribution in [1.29, 1.82) is 0 Å². The van der Waals surface area contributed by atoms with Gasteiger partial charge >= 0.3 is 0 Å². The summed E-state index contributed by atoms with van der Waals surface area (Å²) in [6.45, 7) is 1.76. The van der Waals surface area contributed by atoms with Crippen LogP contribution in [0.2, 0.25) is 0 Å². The highest BCUT2D eigenvalue weighted by atomic mass is 32.2. The van der Waals surface area contributed by atoms with Crippen molar-refractivity contribution in [1.82, 2.24) is 20.1 Å². The van der Waals surface area contributed by atoms with Gasteiger partial charge in [-0.05, 0) is 37.6 Å². The van der Waals surface area contributed by atoms with Crippen molar-refractivity contribution in [3.8, 4) is 16.9 Å². The Balaban J connectivity index is 1.73. The van der Waals surface area contributed by atoms with Crippen molar-refractivity contribution in [2.24, 2.45) is 0 Å². The Morgan fingerprint density at radius 2 is 1.96 bits per heavy atom. The number of pyridine rings is 1. The van der Waals surface area contributed by atoms with Gasteiger partial charge in [-0.1, -0.05) is 18.2 Å². The van der Waals surface area contributed by atoms with E-state index < -0.39 is 15.4 Å². The molecule has 0 saturated carbocycles. The topological polar surface area (TPSA) is 93.9 Å². The van der Waals surface area contributed by atoms with Crippen LogP contribution in [0, 0.1) is 0 Å². The fourth-order valence-electron chi connectivity index (χ4n) is 3.42. The maximum atomic E-state index is 13.1. The number of sulfone groups is 1. The number of carbonyl (C=O) groups is 1. The molecule has 0 bridgehead atoms. The SMILES string of the molecule is C[C@]1(NC(=O)c2cn(-c3ccccc3)nc2-c2cccnc2)CCS(=O)(=O)C1. The second kappa shape index (κ2) is 6.87. The molecule has 1 saturated heterocycles. The van der Waals surface area contributed by atoms with E-state index in [0.717, 1.165) is 5.69 Å². The molecule has 1 amide bonds. The van der Waals surface area contributed by atoms with Gasteiger partial charge in [0, 0.05) is 24.2 Å². The van der Waals surface area contributed by atoms with Gasteiger partial charge in [0.05, 0.1) is 28.3 Å². The minimum Gasteiger partial charge on any atom is -0.346 e. The molecule has 0 radical (unpaired) electrons. The molecule has 1 atom stereocenters. The molecule has 28 heavy (non-hydrogen) atoms. The van der Waals surface area contributed by atoms with Crippen LogP contribution in [0.4, 0.5) is 0 Å². The summed E-state index contributed by atoms with van der Waals surface area (Å²) in [6, 6.07) is 13.1. The Hall–Kier alpha value is -3.00. The van der Waals surface area contributed by atoms with Gasteiger partial charge in [0.2, 0.25) is 0 Å². The van der Waals surface area contributed by atoms with Crippen LogP contribution in [0.5, 0.6) is 0 Å². The van der Waals surface area contributed by atoms with Gasteiger partial charge in [-0.15, -0.1) is 0 Å². The minimum atomic E-state index is -3.13. The van der Waals surface area contributed by atoms with E-state index in [1.807, 2.05) is 36.4 Å². The van der Waals surface area contributed by atoms with Gasteiger partial charge in [-0.3, -0.25) is 9.78 Å². The molecule has 3 aromatic rings. The fourth-order valence-corrected chi connectivity index (χ4v) is 5.51. The van der Waals surface area contributed by atoms with Crippen molar-refractivity contribution in [2.75, 3.05) is 11.5 Å². The van der Waals surface area contributed by atoms with Crippen LogP contribution in [0.15, 0.2) is 61.1 Å². The van der Waals surface area contributed by atoms with Crippen molar-refractivity contribution in [3.05, 3.63) is 66.6 Å². The minimum absolute atomic E-state index is 0.0548. The van der Waals surface area contributed by atoms with Crippen molar-refractivity contribution >= 4 is 15.7 Å². The van der Waals surface area contributed by atoms with Crippen LogP contribution in [0.25, 0.3) is 16.9 Å². The molecule has 7 nitrogen and oxygen atoms in total. The molecule has 1 aliphatic rings. The number of nitrogens with one attached hydrogen (secondary N) is 1. The molecule has 3 heterocycles. The highest BCUT2D eigenvalue weighted by molar-refractivity contribution is 7.91. The zero-order chi connectivity index (χ0) is 19.8. The lowest BCUT2D eigenvalue weighted by molar-refractivity contribution is 0.0916. The summed E-state index contributed by atoms with van der Waals surface area (Å²) in [6.07, 6.45) is 5.37. The highest BCUT2D eigenvalue weighted by Gasteiger charge is 2.40. The molecule has 1 aliphatic heterocycles. The van der Waals surface area contributed by atoms with Crippen molar-refractivity contribution in [3.63, 3.8) is 0 Å². The molecule has 1 fully saturated rings. The van der Waals surface area contributed by atoms with Gasteiger partial charge < -0.3 is 5.32 Å². The normalized spacial score (nSPS) is 20.8. The summed E-state index contributed by atoms with van der Waals surface area (Å²) in [5, 5.41) is 7.51. The number of nitrogens with zero attached hydrogens (tertiary/aromatic N) is 3. The zero-order valence-electron chi connectivity index (χ0n) is 15.4. The van der Waals surface area contributed by atoms with Crippen LogP contribution < -0.4 is 5.32 Å². The number of benzene rings is 1. The Kier molecular flexibility index (Phi) is 4.50. The third-order valence-corrected chi connectivity index (χ3v) is 6.74. The Labute approximate surface area is 163 Å². The van der Waals surface area contributed by atoms with Gasteiger partial charge in [0.15, 0.2) is 9.84 Å². The van der Waals surface area contributed by atoms with Gasteiger partial charge in [-0.25, -0.2) is 13.1 Å². The smallest absolute Gasteiger partial charge is 0.255 e. The summed E-state index contributed by atoms with van der Waals surface area (Å²) in [4.78, 5) is 17.2. The lowest BCUT2D eigenvalue weighted by Crippen LogP contribution is -2.47. The van der Waals surface area contributed by atoms with Gasteiger partial charge in [0.1, 0.15) is 5.69 Å². The second-order valence-corrected chi connectivity index (χ2v) is 9.45. The lowest BCUT2D eigenvalue weighted by Gasteiger charge is -2.23. The predicted octanol–water partition coefficient (Wildman–Crippen LogP) is 2.24. The molecule has 1 N–H and O–H groups in total. The standard InChI is InChI=1S/C20H20N4O3S/c1-20(9-11-28(26,27)14-20)22-19(25)17-13-24(16-7-3-2-4-8-16)23-18(17)15-6-5-10-21-12-15/h2-8,10,12-13H,9,11,14H2,1H3,(H,22,25)/t20-/m0/s1. The third kappa shape index (κ3) is 3.68. The maximum absolute atomic E-state index is 13.1. The highest BCUT2D eigenvalue weighted by Crippen LogP contribution is 2.26. The van der Waals surface area contributed by atoms with Crippen LogP contribution >= 0.6 is 0 Å². The van der Waals surface area contributed by atoms with E-state index >= 15 is 0 Å². The average molecular weight is 396 g/mol. The molecule has 4 rings (SSSR count). The van der Waals surface area contributed by atoms with Crippen LogP contribution in [-0.4, -0.2) is 46.1 Å². The largest absolute Gasteiger partial charge is 0.346 e. The Morgan fingerprint density at radius 1 is 1.18 bits per heavy atom. The van der Waals surface area contributed by atoms with Crippen LogP contribution in [0.1, 0.15) is 23.7 Å². The summed E-state index contributed by atoms with van der Waals surface area (Å²) in [5.41, 5.74) is 1.63. The summed E-state index contributed by atoms with van der Waals surface area (Å²) < 4.78 is 25.4. The number of hydrogen-bond donors (Lipinski definition) is 1. The average Bonchev–Trinajstić information content (AvgIpc) is 3.24. The van der Waals surface area contributed by atoms with Gasteiger partial charge in [0.25, 0.3) is 5.91 Å². The first-order valence-electron chi connectivity index (χ1n) is 8.94. The number of carbonyl (C=O) groups excluding carboxylic acids is 1. The maximum Gasteiger partial charge on any atom is 0.255 e. The van der Waals surface area contributed by atoms with E-state index in [1.165, 1.54) is 0 Å². The summed E-state index contributed by atoms with van der Waals surface area (Å²) >= 11 is 0. The second-order valence-electron chi connectivity index (χ2n) is 7.27. The third-order valence-electron chi connectivity index (χ3n) is 4.83. The van der Waals surface area contributed by atoms with Crippen molar-refractivity contribution < 1.29 is 13.2 Å². The number of rotatable bonds is 4. The van der Waals surface area contributed by atoms with Crippen LogP contribution in [-0.2, 0) is 9.84 Å². The lowest BCUT2D eigenvalue weighted by atomic mass is 10.0. The van der Waals surface area contributed by atoms with Gasteiger partial charge in [-0.2, -0.15) is 5.10 Å². The predicted molar refractivity (Wildman–Crippen MR) is 106 cm³/mol. The number of hydrogen-bond acceptors (Lipinski definition) is 5. The first-order valence-corrected chi connectivity index (χ1v) is 10.8. The Morgan fingerprint density at radius 3 is 2.61 bits per heavy atom. The molecular formula is C20H20N4O3S. The molecule has 2 aromatic heterocycles. The number of para-hydroxylation sites is 1. The molecular weight excluding hydrogens is 376 g/mol. The summed E-state index contributed by atoms with van der Waals surface area (Å²) in [7, 11) is -3.13. The first-order chi connectivity index (χ1) is 13.4. The molecule has 0 spiro atoms. The van der Waals surface area contributed by atoms with E-state index in [4.69, 9.17) is 0 Å². The molecule has 8 heteroatoms.